The standard InChI is InChI=1S/C23H20FN5O2S2/c1-13-4-3-5-15(10-13)20-18(11-29(28-20)17-8-6-16(24)7-9-17)21(31)27-23-26-14(2)22(33-23)32-12-19(25)30/h3-11H,12H2,1-2H3,(H2,25,30)(H,26,27,31). The Bertz CT molecular complexity index is 1330. The lowest BCUT2D eigenvalue weighted by atomic mass is 10.1. The van der Waals surface area contributed by atoms with Gasteiger partial charge in [-0.05, 0) is 44.2 Å². The third-order valence-electron chi connectivity index (χ3n) is 4.66. The lowest BCUT2D eigenvalue weighted by molar-refractivity contribution is -0.115. The van der Waals surface area contributed by atoms with Crippen LogP contribution in [-0.2, 0) is 4.79 Å². The van der Waals surface area contributed by atoms with E-state index < -0.39 is 5.91 Å². The fourth-order valence-corrected chi connectivity index (χ4v) is 5.02. The van der Waals surface area contributed by atoms with E-state index in [1.54, 1.807) is 29.9 Å². The van der Waals surface area contributed by atoms with Crippen molar-refractivity contribution in [3.8, 4) is 16.9 Å². The van der Waals surface area contributed by atoms with E-state index in [4.69, 9.17) is 5.73 Å². The number of amides is 2. The summed E-state index contributed by atoms with van der Waals surface area (Å²) in [6.07, 6.45) is 1.61. The monoisotopic (exact) mass is 481 g/mol. The molecule has 10 heteroatoms. The van der Waals surface area contributed by atoms with Crippen molar-refractivity contribution in [3.05, 3.63) is 77.4 Å². The average molecular weight is 482 g/mol. The van der Waals surface area contributed by atoms with Crippen molar-refractivity contribution in [2.75, 3.05) is 11.1 Å². The van der Waals surface area contributed by atoms with Crippen LogP contribution in [-0.4, -0.2) is 32.3 Å². The van der Waals surface area contributed by atoms with E-state index in [0.717, 1.165) is 15.3 Å². The number of aromatic nitrogens is 3. The van der Waals surface area contributed by atoms with Crippen LogP contribution in [0.4, 0.5) is 9.52 Å². The van der Waals surface area contributed by atoms with Gasteiger partial charge in [-0.25, -0.2) is 14.1 Å². The molecule has 168 valence electrons. The molecule has 4 rings (SSSR count). The Morgan fingerprint density at radius 3 is 2.64 bits per heavy atom. The maximum atomic E-state index is 13.4. The van der Waals surface area contributed by atoms with Crippen LogP contribution in [0.15, 0.2) is 58.9 Å². The van der Waals surface area contributed by atoms with E-state index in [2.05, 4.69) is 15.4 Å². The fourth-order valence-electron chi connectivity index (χ4n) is 3.14. The van der Waals surface area contributed by atoms with Gasteiger partial charge in [0.15, 0.2) is 5.13 Å². The Kier molecular flexibility index (Phi) is 6.57. The van der Waals surface area contributed by atoms with Gasteiger partial charge in [0.1, 0.15) is 11.5 Å². The quantitative estimate of drug-likeness (QED) is 0.376. The average Bonchev–Trinajstić information content (AvgIpc) is 3.36. The Labute approximate surface area is 197 Å². The molecule has 0 radical (unpaired) electrons. The van der Waals surface area contributed by atoms with Crippen LogP contribution in [0.5, 0.6) is 0 Å². The largest absolute Gasteiger partial charge is 0.369 e. The number of hydrogen-bond donors (Lipinski definition) is 2. The van der Waals surface area contributed by atoms with Gasteiger partial charge in [0, 0.05) is 11.8 Å². The molecule has 0 aliphatic heterocycles. The number of aryl methyl sites for hydroxylation is 2. The lowest BCUT2D eigenvalue weighted by Crippen LogP contribution is -2.12. The second-order valence-electron chi connectivity index (χ2n) is 7.28. The van der Waals surface area contributed by atoms with E-state index in [1.807, 2.05) is 31.2 Å². The normalized spacial score (nSPS) is 10.9. The number of benzene rings is 2. The first-order chi connectivity index (χ1) is 15.8. The summed E-state index contributed by atoms with van der Waals surface area (Å²) >= 11 is 2.56. The zero-order valence-corrected chi connectivity index (χ0v) is 19.5. The first kappa shape index (κ1) is 22.7. The van der Waals surface area contributed by atoms with E-state index >= 15 is 0 Å². The Morgan fingerprint density at radius 1 is 1.18 bits per heavy atom. The summed E-state index contributed by atoms with van der Waals surface area (Å²) < 4.78 is 15.7. The molecule has 0 bridgehead atoms. The van der Waals surface area contributed by atoms with Crippen molar-refractivity contribution < 1.29 is 14.0 Å². The molecule has 33 heavy (non-hydrogen) atoms. The molecule has 2 aromatic heterocycles. The molecule has 2 amide bonds. The second kappa shape index (κ2) is 9.55. The lowest BCUT2D eigenvalue weighted by Gasteiger charge is -2.03. The number of nitrogens with one attached hydrogen (secondary N) is 1. The molecule has 0 saturated heterocycles. The van der Waals surface area contributed by atoms with E-state index in [0.29, 0.717) is 27.8 Å². The van der Waals surface area contributed by atoms with Crippen LogP contribution in [0.1, 0.15) is 21.6 Å². The molecule has 3 N–H and O–H groups in total. The van der Waals surface area contributed by atoms with Crippen molar-refractivity contribution in [1.82, 2.24) is 14.8 Å². The predicted molar refractivity (Wildman–Crippen MR) is 128 cm³/mol. The van der Waals surface area contributed by atoms with E-state index in [-0.39, 0.29) is 17.5 Å². The zero-order chi connectivity index (χ0) is 23.5. The molecule has 0 aliphatic rings. The van der Waals surface area contributed by atoms with Gasteiger partial charge in [-0.3, -0.25) is 14.9 Å². The number of rotatable bonds is 7. The van der Waals surface area contributed by atoms with Gasteiger partial charge in [0.05, 0.1) is 26.9 Å². The van der Waals surface area contributed by atoms with Crippen molar-refractivity contribution in [3.63, 3.8) is 0 Å². The first-order valence-corrected chi connectivity index (χ1v) is 11.7. The molecule has 0 atom stereocenters. The van der Waals surface area contributed by atoms with Gasteiger partial charge in [-0.1, -0.05) is 35.1 Å². The SMILES string of the molecule is Cc1cccc(-c2nn(-c3ccc(F)cc3)cc2C(=O)Nc2nc(C)c(SCC(N)=O)s2)c1. The Hall–Kier alpha value is -3.50. The summed E-state index contributed by atoms with van der Waals surface area (Å²) in [5.74, 6) is -1.01. The number of carbonyl (C=O) groups excluding carboxylic acids is 2. The van der Waals surface area contributed by atoms with Gasteiger partial charge in [-0.2, -0.15) is 5.10 Å². The highest BCUT2D eigenvalue weighted by Gasteiger charge is 2.21. The number of thiazole rings is 1. The summed E-state index contributed by atoms with van der Waals surface area (Å²) in [6, 6.07) is 13.6. The summed E-state index contributed by atoms with van der Waals surface area (Å²) in [5, 5.41) is 7.86. The van der Waals surface area contributed by atoms with Crippen molar-refractivity contribution in [2.45, 2.75) is 18.1 Å². The van der Waals surface area contributed by atoms with Gasteiger partial charge in [0.25, 0.3) is 5.91 Å². The third kappa shape index (κ3) is 5.29. The van der Waals surface area contributed by atoms with Crippen LogP contribution in [0.2, 0.25) is 0 Å². The van der Waals surface area contributed by atoms with Crippen LogP contribution < -0.4 is 11.1 Å². The highest BCUT2D eigenvalue weighted by molar-refractivity contribution is 8.01. The summed E-state index contributed by atoms with van der Waals surface area (Å²) in [6.45, 7) is 3.77. The molecule has 0 saturated carbocycles. The fraction of sp³-hybridized carbons (Fsp3) is 0.130. The zero-order valence-electron chi connectivity index (χ0n) is 17.8. The van der Waals surface area contributed by atoms with Crippen LogP contribution in [0.25, 0.3) is 16.9 Å². The number of carbonyl (C=O) groups is 2. The number of anilines is 1. The van der Waals surface area contributed by atoms with E-state index in [1.165, 1.54) is 35.2 Å². The minimum atomic E-state index is -0.422. The maximum Gasteiger partial charge on any atom is 0.261 e. The number of nitrogens with two attached hydrogens (primary N) is 1. The molecule has 4 aromatic rings. The summed E-state index contributed by atoms with van der Waals surface area (Å²) in [5.41, 5.74) is 9.22. The number of halogens is 1. The van der Waals surface area contributed by atoms with Crippen molar-refractivity contribution >= 4 is 40.0 Å². The van der Waals surface area contributed by atoms with Crippen molar-refractivity contribution in [1.29, 1.82) is 0 Å². The minimum Gasteiger partial charge on any atom is -0.369 e. The van der Waals surface area contributed by atoms with Gasteiger partial charge in [-0.15, -0.1) is 11.8 Å². The summed E-state index contributed by atoms with van der Waals surface area (Å²) in [7, 11) is 0. The highest BCUT2D eigenvalue weighted by Crippen LogP contribution is 2.33. The molecular formula is C23H20FN5O2S2. The molecule has 0 spiro atoms. The molecule has 0 fully saturated rings. The van der Waals surface area contributed by atoms with Gasteiger partial charge < -0.3 is 5.73 Å². The topological polar surface area (TPSA) is 103 Å². The maximum absolute atomic E-state index is 13.4. The van der Waals surface area contributed by atoms with Crippen LogP contribution in [0.3, 0.4) is 0 Å². The molecule has 2 heterocycles. The predicted octanol–water partition coefficient (Wildman–Crippen LogP) is 4.58. The summed E-state index contributed by atoms with van der Waals surface area (Å²) in [4.78, 5) is 28.7. The van der Waals surface area contributed by atoms with Crippen molar-refractivity contribution in [2.24, 2.45) is 5.73 Å². The molecular weight excluding hydrogens is 461 g/mol. The molecule has 7 nitrogen and oxygen atoms in total. The first-order valence-electron chi connectivity index (χ1n) is 9.92. The molecule has 0 aliphatic carbocycles. The van der Waals surface area contributed by atoms with Crippen LogP contribution >= 0.6 is 23.1 Å². The third-order valence-corrected chi connectivity index (χ3v) is 7.12. The minimum absolute atomic E-state index is 0.137. The smallest absolute Gasteiger partial charge is 0.261 e. The second-order valence-corrected chi connectivity index (χ2v) is 9.53. The number of primary amides is 1. The number of nitrogens with zero attached hydrogens (tertiary/aromatic N) is 3. The molecule has 2 aromatic carbocycles. The number of thioether (sulfide) groups is 1. The Morgan fingerprint density at radius 2 is 1.94 bits per heavy atom. The van der Waals surface area contributed by atoms with Gasteiger partial charge >= 0.3 is 0 Å². The molecule has 0 unspecified atom stereocenters. The number of hydrogen-bond acceptors (Lipinski definition) is 6. The highest BCUT2D eigenvalue weighted by atomic mass is 32.2. The van der Waals surface area contributed by atoms with E-state index in [9.17, 15) is 14.0 Å². The Balaban J connectivity index is 1.68. The van der Waals surface area contributed by atoms with Crippen LogP contribution in [0, 0.1) is 19.7 Å². The van der Waals surface area contributed by atoms with Gasteiger partial charge in [0.2, 0.25) is 5.91 Å².